The normalized spacial score (nSPS) is 15.6. The molecule has 6 nitrogen and oxygen atoms in total. The Balaban J connectivity index is 0.000000600. The summed E-state index contributed by atoms with van der Waals surface area (Å²) in [7, 11) is 6.24. The van der Waals surface area contributed by atoms with Crippen LogP contribution in [0.15, 0.2) is 97.7 Å². The zero-order valence-electron chi connectivity index (χ0n) is 26.6. The van der Waals surface area contributed by atoms with E-state index in [0.717, 1.165) is 43.0 Å². The maximum atomic E-state index is 12.8. The van der Waals surface area contributed by atoms with E-state index in [0.29, 0.717) is 24.0 Å². The van der Waals surface area contributed by atoms with Crippen molar-refractivity contribution in [2.24, 2.45) is 11.5 Å². The number of hydrogen-bond acceptors (Lipinski definition) is 6. The summed E-state index contributed by atoms with van der Waals surface area (Å²) in [6.07, 6.45) is 10.5. The molecular weight excluding hydrogens is 511 g/mol. The summed E-state index contributed by atoms with van der Waals surface area (Å²) < 4.78 is 12.8. The van der Waals surface area contributed by atoms with Crippen LogP contribution in [0.4, 0.5) is 4.39 Å². The van der Waals surface area contributed by atoms with Gasteiger partial charge in [-0.15, -0.1) is 6.58 Å². The van der Waals surface area contributed by atoms with Gasteiger partial charge in [0.2, 0.25) is 0 Å². The smallest absolute Gasteiger partial charge is 0.126 e. The van der Waals surface area contributed by atoms with Crippen molar-refractivity contribution in [3.63, 3.8) is 0 Å². The van der Waals surface area contributed by atoms with Gasteiger partial charge >= 0.3 is 0 Å². The van der Waals surface area contributed by atoms with Gasteiger partial charge in [-0.05, 0) is 70.6 Å². The molecule has 0 spiro atoms. The number of benzene rings is 1. The summed E-state index contributed by atoms with van der Waals surface area (Å²) in [5.74, 6) is 0.859. The van der Waals surface area contributed by atoms with Crippen molar-refractivity contribution in [1.82, 2.24) is 20.0 Å². The maximum absolute atomic E-state index is 12.8. The molecular formula is C34H57FN6. The van der Waals surface area contributed by atoms with Gasteiger partial charge in [-0.2, -0.15) is 0 Å². The van der Waals surface area contributed by atoms with Crippen LogP contribution >= 0.6 is 0 Å². The summed E-state index contributed by atoms with van der Waals surface area (Å²) >= 11 is 0. The molecule has 2 rings (SSSR count). The van der Waals surface area contributed by atoms with Crippen molar-refractivity contribution in [2.75, 3.05) is 53.9 Å². The lowest BCUT2D eigenvalue weighted by atomic mass is 10.0. The van der Waals surface area contributed by atoms with Crippen LogP contribution in [0.1, 0.15) is 51.5 Å². The summed E-state index contributed by atoms with van der Waals surface area (Å²) in [4.78, 5) is 6.55. The van der Waals surface area contributed by atoms with Crippen LogP contribution in [0.3, 0.4) is 0 Å². The van der Waals surface area contributed by atoms with Crippen LogP contribution in [-0.2, 0) is 0 Å². The number of nitrogens with zero attached hydrogens (tertiary/aromatic N) is 3. The molecule has 0 bridgehead atoms. The average Bonchev–Trinajstić information content (AvgIpc) is 3.37. The van der Waals surface area contributed by atoms with E-state index < -0.39 is 0 Å². The topological polar surface area (TPSA) is 73.8 Å². The Morgan fingerprint density at radius 1 is 1.17 bits per heavy atom. The average molecular weight is 569 g/mol. The number of rotatable bonds is 14. The lowest BCUT2D eigenvalue weighted by Crippen LogP contribution is -2.36. The first-order chi connectivity index (χ1) is 19.4. The number of halogens is 1. The van der Waals surface area contributed by atoms with Crippen LogP contribution in [0, 0.1) is 5.82 Å². The Kier molecular flexibility index (Phi) is 19.7. The van der Waals surface area contributed by atoms with E-state index in [1.165, 1.54) is 25.5 Å². The number of likely N-dealkylation sites (N-methyl/N-ethyl adjacent to an activating group) is 3. The highest BCUT2D eigenvalue weighted by molar-refractivity contribution is 5.24. The Labute approximate surface area is 250 Å². The van der Waals surface area contributed by atoms with Crippen LogP contribution in [0.2, 0.25) is 0 Å². The fraction of sp³-hybridized carbons (Fsp3) is 0.471. The molecule has 0 amide bonds. The summed E-state index contributed by atoms with van der Waals surface area (Å²) in [5.41, 5.74) is 15.5. The number of hydrogen-bond donors (Lipinski definition) is 3. The predicted molar refractivity (Wildman–Crippen MR) is 178 cm³/mol. The first-order valence-corrected chi connectivity index (χ1v) is 14.5. The van der Waals surface area contributed by atoms with Gasteiger partial charge < -0.3 is 26.6 Å². The standard InChI is InChI=1S/C14H22N2.C11H24N4.C9H11F/c1-5-8-13(6-2)11-15-12(3)14-9-7-10-16(14)4;1-5-7-10(12)11(13)15(6-2)9-8-14(3)4;1-7(2)8-5-3-4-6-9(8)10/h5-6,8,14-15H,1-3,7,9-11H2,4H3;5H,1,6-9,12-13H2,2-4H3;3-7H,1-2H3/b13-8+;11-10+;. The quantitative estimate of drug-likeness (QED) is 0.190. The molecule has 5 N–H and O–H groups in total. The van der Waals surface area contributed by atoms with Crippen molar-refractivity contribution < 1.29 is 4.39 Å². The largest absolute Gasteiger partial charge is 0.399 e. The Morgan fingerprint density at radius 2 is 1.83 bits per heavy atom. The molecule has 7 heteroatoms. The Morgan fingerprint density at radius 3 is 2.27 bits per heavy atom. The summed E-state index contributed by atoms with van der Waals surface area (Å²) in [6, 6.07) is 7.37. The molecule has 1 atom stereocenters. The van der Waals surface area contributed by atoms with E-state index in [1.807, 2.05) is 52.2 Å². The molecule has 0 aromatic heterocycles. The second-order valence-corrected chi connectivity index (χ2v) is 10.7. The van der Waals surface area contributed by atoms with Gasteiger partial charge in [-0.3, -0.25) is 4.90 Å². The second-order valence-electron chi connectivity index (χ2n) is 10.7. The molecule has 0 aliphatic carbocycles. The van der Waals surface area contributed by atoms with E-state index >= 15 is 0 Å². The van der Waals surface area contributed by atoms with E-state index in [-0.39, 0.29) is 11.7 Å². The van der Waals surface area contributed by atoms with Crippen LogP contribution < -0.4 is 16.8 Å². The minimum atomic E-state index is -0.0995. The molecule has 1 aliphatic heterocycles. The SMILES string of the molecule is C=C/C=C(\C=C)CNC(=C)C1CCCN1C.C=CC/C(N)=C(/N)N(CC)CCN(C)C.CC(C)c1ccccc1F. The lowest BCUT2D eigenvalue weighted by Gasteiger charge is -2.26. The van der Waals surface area contributed by atoms with Gasteiger partial charge in [-0.25, -0.2) is 4.39 Å². The highest BCUT2D eigenvalue weighted by atomic mass is 19.1. The summed E-state index contributed by atoms with van der Waals surface area (Å²) in [6.45, 7) is 25.9. The molecule has 1 aromatic carbocycles. The zero-order chi connectivity index (χ0) is 31.4. The third kappa shape index (κ3) is 15.3. The molecule has 41 heavy (non-hydrogen) atoms. The van der Waals surface area contributed by atoms with Crippen molar-refractivity contribution >= 4 is 0 Å². The van der Waals surface area contributed by atoms with Crippen LogP contribution in [-0.4, -0.2) is 74.6 Å². The van der Waals surface area contributed by atoms with Crippen LogP contribution in [0.5, 0.6) is 0 Å². The zero-order valence-corrected chi connectivity index (χ0v) is 26.6. The number of nitrogens with one attached hydrogen (secondary N) is 1. The third-order valence-electron chi connectivity index (χ3n) is 6.80. The third-order valence-corrected chi connectivity index (χ3v) is 6.80. The monoisotopic (exact) mass is 568 g/mol. The molecule has 1 fully saturated rings. The van der Waals surface area contributed by atoms with Crippen molar-refractivity contribution in [3.8, 4) is 0 Å². The van der Waals surface area contributed by atoms with E-state index in [4.69, 9.17) is 11.5 Å². The molecule has 0 saturated carbocycles. The molecule has 1 unspecified atom stereocenters. The fourth-order valence-electron chi connectivity index (χ4n) is 4.21. The first-order valence-electron chi connectivity index (χ1n) is 14.5. The number of allylic oxidation sites excluding steroid dienone is 3. The molecule has 0 radical (unpaired) electrons. The molecule has 230 valence electrons. The van der Waals surface area contributed by atoms with E-state index in [2.05, 4.69) is 60.3 Å². The maximum Gasteiger partial charge on any atom is 0.126 e. The van der Waals surface area contributed by atoms with Crippen LogP contribution in [0.25, 0.3) is 0 Å². The number of nitrogens with two attached hydrogens (primary N) is 2. The van der Waals surface area contributed by atoms with E-state index in [1.54, 1.807) is 18.2 Å². The van der Waals surface area contributed by atoms with Gasteiger partial charge in [-0.1, -0.05) is 76.1 Å². The van der Waals surface area contributed by atoms with Crippen molar-refractivity contribution in [3.05, 3.63) is 109 Å². The van der Waals surface area contributed by atoms with Gasteiger partial charge in [0.25, 0.3) is 0 Å². The fourth-order valence-corrected chi connectivity index (χ4v) is 4.21. The van der Waals surface area contributed by atoms with Gasteiger partial charge in [0.1, 0.15) is 11.6 Å². The lowest BCUT2D eigenvalue weighted by molar-refractivity contribution is 0.294. The number of likely N-dealkylation sites (tertiary alicyclic amines) is 1. The minimum absolute atomic E-state index is 0.0995. The molecule has 1 heterocycles. The molecule has 1 saturated heterocycles. The predicted octanol–water partition coefficient (Wildman–Crippen LogP) is 5.96. The van der Waals surface area contributed by atoms with Gasteiger partial charge in [0.05, 0.1) is 5.70 Å². The molecule has 1 aromatic rings. The Bertz CT molecular complexity index is 995. The highest BCUT2D eigenvalue weighted by Crippen LogP contribution is 2.19. The van der Waals surface area contributed by atoms with Crippen molar-refractivity contribution in [1.29, 1.82) is 0 Å². The van der Waals surface area contributed by atoms with E-state index in [9.17, 15) is 4.39 Å². The first kappa shape index (κ1) is 37.7. The highest BCUT2D eigenvalue weighted by Gasteiger charge is 2.23. The minimum Gasteiger partial charge on any atom is -0.399 e. The second kappa shape index (κ2) is 21.5. The summed E-state index contributed by atoms with van der Waals surface area (Å²) in [5, 5.41) is 3.37. The Hall–Kier alpha value is -3.29. The van der Waals surface area contributed by atoms with Gasteiger partial charge in [0, 0.05) is 44.3 Å². The van der Waals surface area contributed by atoms with Crippen molar-refractivity contribution in [2.45, 2.75) is 52.0 Å². The molecule has 1 aliphatic rings. The van der Waals surface area contributed by atoms with Gasteiger partial charge in [0.15, 0.2) is 0 Å².